The molecule has 0 bridgehead atoms. The number of halogens is 1. The topological polar surface area (TPSA) is 70.0 Å². The molecule has 7 heteroatoms. The van der Waals surface area contributed by atoms with Gasteiger partial charge in [-0.05, 0) is 24.1 Å². The summed E-state index contributed by atoms with van der Waals surface area (Å²) >= 11 is 0. The van der Waals surface area contributed by atoms with E-state index in [4.69, 9.17) is 0 Å². The molecule has 0 atom stereocenters. The van der Waals surface area contributed by atoms with Crippen molar-refractivity contribution in [2.24, 2.45) is 12.0 Å². The Labute approximate surface area is 158 Å². The first-order valence-corrected chi connectivity index (χ1v) is 7.74. The van der Waals surface area contributed by atoms with Crippen LogP contribution in [0.4, 0.5) is 0 Å². The molecule has 0 aliphatic carbocycles. The molecule has 0 unspecified atom stereocenters. The van der Waals surface area contributed by atoms with Crippen LogP contribution in [0.1, 0.15) is 11.3 Å². The van der Waals surface area contributed by atoms with Gasteiger partial charge in [0.05, 0.1) is 12.2 Å². The van der Waals surface area contributed by atoms with E-state index in [2.05, 4.69) is 50.1 Å². The highest BCUT2D eigenvalue weighted by Gasteiger charge is 2.04. The number of hydrogen-bond acceptors (Lipinski definition) is 2. The van der Waals surface area contributed by atoms with Crippen LogP contribution in [0.25, 0.3) is 10.9 Å². The number of guanidine groups is 1. The fourth-order valence-electron chi connectivity index (χ4n) is 2.62. The maximum Gasteiger partial charge on any atom is 0.191 e. The molecule has 128 valence electrons. The number of fused-ring (bicyclic) bond motifs is 1. The van der Waals surface area contributed by atoms with E-state index in [9.17, 15) is 0 Å². The largest absolute Gasteiger partial charge is 0.361 e. The summed E-state index contributed by atoms with van der Waals surface area (Å²) in [5.41, 5.74) is 3.61. The molecule has 6 nitrogen and oxygen atoms in total. The third-order valence-corrected chi connectivity index (χ3v) is 3.94. The summed E-state index contributed by atoms with van der Waals surface area (Å²) in [7, 11) is 3.72. The van der Waals surface area contributed by atoms with E-state index < -0.39 is 0 Å². The Bertz CT molecular complexity index is 804. The first-order valence-electron chi connectivity index (χ1n) is 7.74. The van der Waals surface area contributed by atoms with Gasteiger partial charge in [0.1, 0.15) is 0 Å². The maximum atomic E-state index is 4.26. The van der Waals surface area contributed by atoms with Crippen molar-refractivity contribution in [1.82, 2.24) is 25.4 Å². The molecule has 2 aromatic heterocycles. The van der Waals surface area contributed by atoms with Crippen molar-refractivity contribution in [3.63, 3.8) is 0 Å². The minimum atomic E-state index is 0. The molecule has 0 spiro atoms. The number of hydrogen-bond donors (Lipinski definition) is 3. The molecule has 24 heavy (non-hydrogen) atoms. The zero-order valence-electron chi connectivity index (χ0n) is 13.9. The van der Waals surface area contributed by atoms with E-state index >= 15 is 0 Å². The van der Waals surface area contributed by atoms with Crippen molar-refractivity contribution < 1.29 is 0 Å². The molecular weight excluding hydrogens is 415 g/mol. The first kappa shape index (κ1) is 18.3. The number of aliphatic imine (C=N–C) groups is 1. The number of H-pyrrole nitrogens is 1. The van der Waals surface area contributed by atoms with Crippen molar-refractivity contribution in [3.8, 4) is 0 Å². The number of para-hydroxylation sites is 1. The molecule has 0 aliphatic rings. The van der Waals surface area contributed by atoms with Gasteiger partial charge in [-0.2, -0.15) is 5.10 Å². The molecule has 0 saturated carbocycles. The van der Waals surface area contributed by atoms with E-state index in [1.165, 1.54) is 16.5 Å². The van der Waals surface area contributed by atoms with E-state index in [0.29, 0.717) is 6.54 Å². The standard InChI is InChI=1S/C17H22N6.HI/c1-18-17(21-12-14-8-10-22-23(14)2)19-9-7-13-11-20-16-6-4-3-5-15(13)16;/h3-6,8,10-11,20H,7,9,12H2,1-2H3,(H2,18,19,21);1H. The Morgan fingerprint density at radius 2 is 2.08 bits per heavy atom. The van der Waals surface area contributed by atoms with Gasteiger partial charge in [0, 0.05) is 43.9 Å². The first-order chi connectivity index (χ1) is 11.3. The number of aryl methyl sites for hydroxylation is 1. The Balaban J connectivity index is 0.00000208. The van der Waals surface area contributed by atoms with Crippen molar-refractivity contribution in [3.05, 3.63) is 54.0 Å². The lowest BCUT2D eigenvalue weighted by Gasteiger charge is -2.11. The fourth-order valence-corrected chi connectivity index (χ4v) is 2.62. The molecule has 0 fully saturated rings. The van der Waals surface area contributed by atoms with Gasteiger partial charge in [-0.1, -0.05) is 18.2 Å². The smallest absolute Gasteiger partial charge is 0.191 e. The van der Waals surface area contributed by atoms with Gasteiger partial charge >= 0.3 is 0 Å². The van der Waals surface area contributed by atoms with Crippen molar-refractivity contribution in [2.45, 2.75) is 13.0 Å². The van der Waals surface area contributed by atoms with Crippen molar-refractivity contribution >= 4 is 40.8 Å². The Kier molecular flexibility index (Phi) is 6.65. The molecule has 3 rings (SSSR count). The highest BCUT2D eigenvalue weighted by Crippen LogP contribution is 2.17. The third-order valence-electron chi connectivity index (χ3n) is 3.94. The van der Waals surface area contributed by atoms with Gasteiger partial charge in [0.2, 0.25) is 0 Å². The highest BCUT2D eigenvalue weighted by atomic mass is 127. The lowest BCUT2D eigenvalue weighted by Crippen LogP contribution is -2.38. The summed E-state index contributed by atoms with van der Waals surface area (Å²) in [6.07, 6.45) is 4.82. The fraction of sp³-hybridized carbons (Fsp3) is 0.294. The summed E-state index contributed by atoms with van der Waals surface area (Å²) in [6.45, 7) is 1.52. The summed E-state index contributed by atoms with van der Waals surface area (Å²) in [6, 6.07) is 10.4. The van der Waals surface area contributed by atoms with Gasteiger partial charge < -0.3 is 15.6 Å². The van der Waals surface area contributed by atoms with Crippen LogP contribution in [-0.2, 0) is 20.0 Å². The molecular formula is C17H23IN6. The SMILES string of the molecule is CN=C(NCCc1c[nH]c2ccccc12)NCc1ccnn1C.I. The Morgan fingerprint density at radius 1 is 1.25 bits per heavy atom. The lowest BCUT2D eigenvalue weighted by molar-refractivity contribution is 0.684. The average molecular weight is 438 g/mol. The van der Waals surface area contributed by atoms with E-state index in [1.807, 2.05) is 23.9 Å². The molecule has 1 aromatic carbocycles. The average Bonchev–Trinajstić information content (AvgIpc) is 3.17. The van der Waals surface area contributed by atoms with Crippen LogP contribution >= 0.6 is 24.0 Å². The number of rotatable bonds is 5. The molecule has 0 saturated heterocycles. The summed E-state index contributed by atoms with van der Waals surface area (Å²) in [5.74, 6) is 0.797. The van der Waals surface area contributed by atoms with Gasteiger partial charge in [0.15, 0.2) is 5.96 Å². The van der Waals surface area contributed by atoms with Crippen molar-refractivity contribution in [1.29, 1.82) is 0 Å². The van der Waals surface area contributed by atoms with Crippen molar-refractivity contribution in [2.75, 3.05) is 13.6 Å². The minimum absolute atomic E-state index is 0. The third kappa shape index (κ3) is 4.28. The highest BCUT2D eigenvalue weighted by molar-refractivity contribution is 14.0. The van der Waals surface area contributed by atoms with E-state index in [0.717, 1.165) is 24.6 Å². The summed E-state index contributed by atoms with van der Waals surface area (Å²) in [4.78, 5) is 7.56. The van der Waals surface area contributed by atoms with Gasteiger partial charge in [0.25, 0.3) is 0 Å². The number of aromatic amines is 1. The second-order valence-corrected chi connectivity index (χ2v) is 5.41. The zero-order chi connectivity index (χ0) is 16.1. The Hall–Kier alpha value is -2.03. The molecule has 3 N–H and O–H groups in total. The molecule has 0 radical (unpaired) electrons. The molecule has 0 amide bonds. The van der Waals surface area contributed by atoms with Crippen LogP contribution in [0.5, 0.6) is 0 Å². The number of aromatic nitrogens is 3. The van der Waals surface area contributed by atoms with Crippen LogP contribution in [0.2, 0.25) is 0 Å². The number of nitrogens with zero attached hydrogens (tertiary/aromatic N) is 3. The van der Waals surface area contributed by atoms with Crippen LogP contribution in [0.3, 0.4) is 0 Å². The number of nitrogens with one attached hydrogen (secondary N) is 3. The van der Waals surface area contributed by atoms with Crippen LogP contribution in [0, 0.1) is 0 Å². The normalized spacial score (nSPS) is 11.3. The summed E-state index contributed by atoms with van der Waals surface area (Å²) in [5, 5.41) is 12.1. The minimum Gasteiger partial charge on any atom is -0.361 e. The van der Waals surface area contributed by atoms with E-state index in [-0.39, 0.29) is 24.0 Å². The number of benzene rings is 1. The zero-order valence-corrected chi connectivity index (χ0v) is 16.2. The second kappa shape index (κ2) is 8.72. The lowest BCUT2D eigenvalue weighted by atomic mass is 10.1. The van der Waals surface area contributed by atoms with Crippen LogP contribution < -0.4 is 10.6 Å². The second-order valence-electron chi connectivity index (χ2n) is 5.41. The maximum absolute atomic E-state index is 4.26. The monoisotopic (exact) mass is 438 g/mol. The van der Waals surface area contributed by atoms with Gasteiger partial charge in [-0.25, -0.2) is 0 Å². The Morgan fingerprint density at radius 3 is 2.83 bits per heavy atom. The summed E-state index contributed by atoms with van der Waals surface area (Å²) < 4.78 is 1.85. The van der Waals surface area contributed by atoms with Gasteiger partial charge in [-0.15, -0.1) is 24.0 Å². The van der Waals surface area contributed by atoms with Gasteiger partial charge in [-0.3, -0.25) is 9.67 Å². The molecule has 3 aromatic rings. The predicted octanol–water partition coefficient (Wildman–Crippen LogP) is 2.43. The molecule has 0 aliphatic heterocycles. The molecule has 2 heterocycles. The quantitative estimate of drug-likeness (QED) is 0.326. The predicted molar refractivity (Wildman–Crippen MR) is 109 cm³/mol. The van der Waals surface area contributed by atoms with E-state index in [1.54, 1.807) is 13.2 Å². The van der Waals surface area contributed by atoms with Crippen LogP contribution in [-0.4, -0.2) is 34.3 Å². The van der Waals surface area contributed by atoms with Crippen LogP contribution in [0.15, 0.2) is 47.7 Å².